The van der Waals surface area contributed by atoms with Crippen molar-refractivity contribution >= 4 is 38.6 Å². The van der Waals surface area contributed by atoms with Gasteiger partial charge in [-0.1, -0.05) is 11.3 Å². The number of carbonyl (C=O) groups is 1. The van der Waals surface area contributed by atoms with Crippen LogP contribution in [0.15, 0.2) is 17.2 Å². The van der Waals surface area contributed by atoms with Gasteiger partial charge in [0.05, 0.1) is 11.4 Å². The first-order valence-electron chi connectivity index (χ1n) is 12.7. The Morgan fingerprint density at radius 1 is 1.29 bits per heavy atom. The first-order chi connectivity index (χ1) is 17.9. The molecule has 0 bridgehead atoms. The number of hydrogen-bond donors (Lipinski definition) is 3. The number of alkyl halides is 1. The molecule has 38 heavy (non-hydrogen) atoms. The van der Waals surface area contributed by atoms with Gasteiger partial charge in [-0.15, -0.1) is 10.2 Å². The van der Waals surface area contributed by atoms with Crippen LogP contribution in [0.1, 0.15) is 63.1 Å². The third kappa shape index (κ3) is 4.67. The number of pyridine rings is 1. The summed E-state index contributed by atoms with van der Waals surface area (Å²) in [5.74, 6) is -0.280. The summed E-state index contributed by atoms with van der Waals surface area (Å²) in [6, 6.07) is 0.999. The van der Waals surface area contributed by atoms with Gasteiger partial charge in [-0.25, -0.2) is 22.5 Å². The van der Waals surface area contributed by atoms with Crippen LogP contribution >= 0.6 is 11.3 Å². The van der Waals surface area contributed by atoms with E-state index in [1.54, 1.807) is 16.7 Å². The average Bonchev–Trinajstić information content (AvgIpc) is 3.72. The Morgan fingerprint density at radius 2 is 2.03 bits per heavy atom. The van der Waals surface area contributed by atoms with E-state index in [1.807, 2.05) is 25.7 Å². The Balaban J connectivity index is 1.58. The molecule has 3 aliphatic rings. The molecule has 4 heterocycles. The number of rotatable bonds is 8. The number of nitrogens with zero attached hydrogens (tertiary/aromatic N) is 5. The van der Waals surface area contributed by atoms with Crippen LogP contribution in [-0.2, 0) is 21.5 Å². The Bertz CT molecular complexity index is 1540. The molecule has 4 N–H and O–H groups in total. The number of primary amides is 1. The van der Waals surface area contributed by atoms with Gasteiger partial charge < -0.3 is 10.6 Å². The molecule has 14 heteroatoms. The maximum absolute atomic E-state index is 13.6. The highest BCUT2D eigenvalue weighted by molar-refractivity contribution is 7.89. The number of hydrogen-bond acceptors (Lipinski definition) is 9. The van der Waals surface area contributed by atoms with Crippen molar-refractivity contribution in [1.29, 1.82) is 0 Å². The van der Waals surface area contributed by atoms with Gasteiger partial charge in [0.2, 0.25) is 15.9 Å². The molecule has 11 nitrogen and oxygen atoms in total. The molecule has 1 atom stereocenters. The first kappa shape index (κ1) is 25.6. The molecule has 0 spiro atoms. The van der Waals surface area contributed by atoms with Gasteiger partial charge in [-0.2, -0.15) is 0 Å². The Hall–Kier alpha value is -2.68. The normalized spacial score (nSPS) is 22.6. The van der Waals surface area contributed by atoms with Crippen LogP contribution < -0.4 is 20.7 Å². The summed E-state index contributed by atoms with van der Waals surface area (Å²) in [6.07, 6.45) is 5.02. The third-order valence-electron chi connectivity index (χ3n) is 7.38. The molecule has 1 aliphatic heterocycles. The molecule has 2 saturated carbocycles. The van der Waals surface area contributed by atoms with E-state index in [0.717, 1.165) is 42.7 Å². The number of piperazine rings is 1. The number of amides is 1. The maximum atomic E-state index is 13.6. The number of imidazole rings is 1. The molecule has 6 rings (SSSR count). The monoisotopic (exact) mass is 562 g/mol. The quantitative estimate of drug-likeness (QED) is 0.378. The van der Waals surface area contributed by atoms with E-state index >= 15 is 0 Å². The number of nitrogens with two attached hydrogens (primary N) is 1. The summed E-state index contributed by atoms with van der Waals surface area (Å²) in [6.45, 7) is 5.84. The Labute approximate surface area is 224 Å². The average molecular weight is 563 g/mol. The van der Waals surface area contributed by atoms with E-state index in [-0.39, 0.29) is 22.4 Å². The number of halogens is 1. The summed E-state index contributed by atoms with van der Waals surface area (Å²) in [5.41, 5.74) is 7.31. The second-order valence-electron chi connectivity index (χ2n) is 11.5. The lowest BCUT2D eigenvalue weighted by atomic mass is 9.97. The van der Waals surface area contributed by atoms with Crippen LogP contribution in [0.2, 0.25) is 0 Å². The fourth-order valence-electron chi connectivity index (χ4n) is 5.10. The maximum Gasteiger partial charge on any atom is 0.242 e. The topological polar surface area (TPSA) is 148 Å². The first-order valence-corrected chi connectivity index (χ1v) is 15.0. The van der Waals surface area contributed by atoms with Crippen molar-refractivity contribution < 1.29 is 17.6 Å². The zero-order valence-electron chi connectivity index (χ0n) is 21.5. The van der Waals surface area contributed by atoms with Gasteiger partial charge in [0, 0.05) is 36.3 Å². The largest absolute Gasteiger partial charge is 0.368 e. The molecule has 3 aromatic heterocycles. The van der Waals surface area contributed by atoms with E-state index in [0.29, 0.717) is 28.6 Å². The molecular formula is C24H31FN8O3S2. The number of nitrogens with one attached hydrogen (secondary N) is 2. The third-order valence-corrected chi connectivity index (χ3v) is 9.88. The number of aromatic nitrogens is 4. The van der Waals surface area contributed by atoms with Crippen LogP contribution in [0.5, 0.6) is 0 Å². The summed E-state index contributed by atoms with van der Waals surface area (Å²) in [4.78, 5) is 19.3. The molecule has 0 radical (unpaired) electrons. The van der Waals surface area contributed by atoms with Gasteiger partial charge in [0.25, 0.3) is 0 Å². The van der Waals surface area contributed by atoms with E-state index in [2.05, 4.69) is 20.2 Å². The second kappa shape index (κ2) is 8.66. The van der Waals surface area contributed by atoms with Crippen molar-refractivity contribution in [2.24, 2.45) is 5.73 Å². The standard InChI is InChI=1S/C24H31FN8O3S2/c1-23(2)12-32(11-15(28-23)20(26)34)16-8-14(38(35,36)31-24(3)6-7-24)10-33-19(22-30-29-17(9-25)37-22)18(13-4-5-13)27-21(16)33/h8,10,13,15,28,31H,4-7,9,11-12H2,1-3H3,(H2,26,34)/t15-/m1/s1. The van der Waals surface area contributed by atoms with Crippen LogP contribution in [0.25, 0.3) is 16.3 Å². The molecule has 0 unspecified atom stereocenters. The van der Waals surface area contributed by atoms with E-state index in [9.17, 15) is 17.6 Å². The van der Waals surface area contributed by atoms with Gasteiger partial charge in [0.1, 0.15) is 28.3 Å². The van der Waals surface area contributed by atoms with Crippen molar-refractivity contribution in [1.82, 2.24) is 29.6 Å². The van der Waals surface area contributed by atoms with Crippen molar-refractivity contribution in [3.05, 3.63) is 23.0 Å². The Morgan fingerprint density at radius 3 is 2.63 bits per heavy atom. The number of carbonyl (C=O) groups excluding carboxylic acids is 1. The highest BCUT2D eigenvalue weighted by Gasteiger charge is 2.42. The molecule has 1 saturated heterocycles. The minimum Gasteiger partial charge on any atom is -0.368 e. The molecule has 204 valence electrons. The molecule has 3 aromatic rings. The predicted octanol–water partition coefficient (Wildman–Crippen LogP) is 2.07. The summed E-state index contributed by atoms with van der Waals surface area (Å²) in [7, 11) is -3.89. The van der Waals surface area contributed by atoms with Gasteiger partial charge >= 0.3 is 0 Å². The zero-order valence-corrected chi connectivity index (χ0v) is 23.1. The van der Waals surface area contributed by atoms with Gasteiger partial charge in [-0.05, 0) is 52.5 Å². The fraction of sp³-hybridized carbons (Fsp3) is 0.583. The van der Waals surface area contributed by atoms with E-state index < -0.39 is 39.7 Å². The van der Waals surface area contributed by atoms with Crippen LogP contribution in [0.3, 0.4) is 0 Å². The SMILES string of the molecule is CC1(C)CN(c2cc(S(=O)(=O)NC3(C)CC3)cn3c(-c4nnc(CF)s4)c(C4CC4)nc23)C[C@H](C(N)=O)N1. The second-order valence-corrected chi connectivity index (χ2v) is 14.3. The molecule has 0 aromatic carbocycles. The fourth-order valence-corrected chi connectivity index (χ4v) is 7.32. The predicted molar refractivity (Wildman–Crippen MR) is 141 cm³/mol. The molecule has 1 amide bonds. The molecule has 3 fully saturated rings. The van der Waals surface area contributed by atoms with Gasteiger partial charge in [-0.3, -0.25) is 14.5 Å². The Kier molecular flexibility index (Phi) is 5.83. The van der Waals surface area contributed by atoms with E-state index in [1.165, 1.54) is 0 Å². The summed E-state index contributed by atoms with van der Waals surface area (Å²) in [5, 5.41) is 12.2. The van der Waals surface area contributed by atoms with Crippen LogP contribution in [0, 0.1) is 0 Å². The van der Waals surface area contributed by atoms with Gasteiger partial charge in [0.15, 0.2) is 10.7 Å². The highest BCUT2D eigenvalue weighted by Crippen LogP contribution is 2.46. The van der Waals surface area contributed by atoms with Crippen molar-refractivity contribution in [2.45, 2.75) is 81.1 Å². The lowest BCUT2D eigenvalue weighted by molar-refractivity contribution is -0.120. The zero-order chi connectivity index (χ0) is 27.0. The van der Waals surface area contributed by atoms with Crippen molar-refractivity contribution in [3.8, 4) is 10.7 Å². The molecule has 2 aliphatic carbocycles. The van der Waals surface area contributed by atoms with Crippen molar-refractivity contribution in [2.75, 3.05) is 18.0 Å². The lowest BCUT2D eigenvalue weighted by Gasteiger charge is -2.43. The number of anilines is 1. The highest BCUT2D eigenvalue weighted by atomic mass is 32.2. The van der Waals surface area contributed by atoms with Crippen LogP contribution in [-0.4, -0.2) is 64.1 Å². The smallest absolute Gasteiger partial charge is 0.242 e. The number of sulfonamides is 1. The number of fused-ring (bicyclic) bond motifs is 1. The van der Waals surface area contributed by atoms with E-state index in [4.69, 9.17) is 10.7 Å². The summed E-state index contributed by atoms with van der Waals surface area (Å²) >= 11 is 1.14. The lowest BCUT2D eigenvalue weighted by Crippen LogP contribution is -2.65. The summed E-state index contributed by atoms with van der Waals surface area (Å²) < 4.78 is 45.2. The minimum absolute atomic E-state index is 0.0799. The van der Waals surface area contributed by atoms with Crippen molar-refractivity contribution in [3.63, 3.8) is 0 Å². The molecular weight excluding hydrogens is 531 g/mol. The minimum atomic E-state index is -3.89. The van der Waals surface area contributed by atoms with Crippen LogP contribution in [0.4, 0.5) is 10.1 Å².